The van der Waals surface area contributed by atoms with E-state index in [-0.39, 0.29) is 5.91 Å². The van der Waals surface area contributed by atoms with Gasteiger partial charge in [-0.05, 0) is 29.8 Å². The number of nitrogens with one attached hydrogen (secondary N) is 1. The zero-order chi connectivity index (χ0) is 16.1. The second-order valence-electron chi connectivity index (χ2n) is 4.95. The molecule has 4 heteroatoms. The van der Waals surface area contributed by atoms with Crippen LogP contribution >= 0.6 is 0 Å². The molecule has 2 aromatic carbocycles. The molecule has 0 saturated heterocycles. The van der Waals surface area contributed by atoms with E-state index < -0.39 is 0 Å². The van der Waals surface area contributed by atoms with Crippen molar-refractivity contribution in [2.24, 2.45) is 0 Å². The van der Waals surface area contributed by atoms with Crippen molar-refractivity contribution in [3.05, 3.63) is 78.5 Å². The Bertz CT molecular complexity index is 799. The topological polar surface area (TPSA) is 51.2 Å². The highest BCUT2D eigenvalue weighted by Gasteiger charge is 2.12. The Morgan fingerprint density at radius 3 is 2.35 bits per heavy atom. The lowest BCUT2D eigenvalue weighted by atomic mass is 10.1. The van der Waals surface area contributed by atoms with Gasteiger partial charge in [0.15, 0.2) is 0 Å². The van der Waals surface area contributed by atoms with Crippen molar-refractivity contribution < 1.29 is 9.53 Å². The average molecular weight is 304 g/mol. The van der Waals surface area contributed by atoms with Crippen LogP contribution in [0.2, 0.25) is 0 Å². The van der Waals surface area contributed by atoms with Gasteiger partial charge < -0.3 is 10.1 Å². The van der Waals surface area contributed by atoms with Gasteiger partial charge in [0.05, 0.1) is 12.7 Å². The van der Waals surface area contributed by atoms with Crippen LogP contribution in [0.3, 0.4) is 0 Å². The van der Waals surface area contributed by atoms with E-state index in [2.05, 4.69) is 10.3 Å². The Morgan fingerprint density at radius 2 is 1.65 bits per heavy atom. The molecule has 0 spiro atoms. The van der Waals surface area contributed by atoms with Crippen LogP contribution in [0.25, 0.3) is 11.1 Å². The average Bonchev–Trinajstić information content (AvgIpc) is 2.63. The number of rotatable bonds is 4. The maximum atomic E-state index is 12.3. The molecule has 1 N–H and O–H groups in total. The van der Waals surface area contributed by atoms with Crippen LogP contribution in [-0.2, 0) is 0 Å². The van der Waals surface area contributed by atoms with E-state index in [1.165, 1.54) is 0 Å². The molecule has 0 unspecified atom stereocenters. The van der Waals surface area contributed by atoms with Gasteiger partial charge in [0.2, 0.25) is 0 Å². The molecule has 3 rings (SSSR count). The van der Waals surface area contributed by atoms with E-state index >= 15 is 0 Å². The molecule has 0 fully saturated rings. The van der Waals surface area contributed by atoms with Crippen LogP contribution in [-0.4, -0.2) is 18.0 Å². The number of anilines is 1. The van der Waals surface area contributed by atoms with Crippen LogP contribution in [0, 0.1) is 0 Å². The van der Waals surface area contributed by atoms with Gasteiger partial charge in [0, 0.05) is 11.8 Å². The van der Waals surface area contributed by atoms with Crippen LogP contribution < -0.4 is 10.1 Å². The summed E-state index contributed by atoms with van der Waals surface area (Å²) in [6.45, 7) is 0. The largest absolute Gasteiger partial charge is 0.496 e. The Kier molecular flexibility index (Phi) is 4.34. The van der Waals surface area contributed by atoms with Crippen LogP contribution in [0.4, 0.5) is 5.82 Å². The standard InChI is InChI=1S/C19H16N2O2/c1-23-17-10-6-5-9-16(17)19(22)21-18-12-11-15(13-20-18)14-7-3-2-4-8-14/h2-13H,1H3,(H,20,21,22). The molecule has 4 nitrogen and oxygen atoms in total. The smallest absolute Gasteiger partial charge is 0.260 e. The SMILES string of the molecule is COc1ccccc1C(=O)Nc1ccc(-c2ccccc2)cn1. The number of methoxy groups -OCH3 is 1. The second kappa shape index (κ2) is 6.75. The first-order valence-corrected chi connectivity index (χ1v) is 7.24. The number of pyridine rings is 1. The number of carbonyl (C=O) groups is 1. The highest BCUT2D eigenvalue weighted by Crippen LogP contribution is 2.21. The fraction of sp³-hybridized carbons (Fsp3) is 0.0526. The number of hydrogen-bond acceptors (Lipinski definition) is 3. The summed E-state index contributed by atoms with van der Waals surface area (Å²) in [7, 11) is 1.54. The monoisotopic (exact) mass is 304 g/mol. The minimum atomic E-state index is -0.248. The van der Waals surface area contributed by atoms with Crippen molar-refractivity contribution in [3.8, 4) is 16.9 Å². The van der Waals surface area contributed by atoms with E-state index in [1.54, 1.807) is 37.6 Å². The van der Waals surface area contributed by atoms with Gasteiger partial charge in [-0.15, -0.1) is 0 Å². The molecule has 0 radical (unpaired) electrons. The highest BCUT2D eigenvalue weighted by molar-refractivity contribution is 6.05. The maximum absolute atomic E-state index is 12.3. The number of benzene rings is 2. The van der Waals surface area contributed by atoms with Crippen molar-refractivity contribution in [3.63, 3.8) is 0 Å². The Morgan fingerprint density at radius 1 is 0.913 bits per heavy atom. The van der Waals surface area contributed by atoms with Crippen LogP contribution in [0.5, 0.6) is 5.75 Å². The van der Waals surface area contributed by atoms with Gasteiger partial charge in [0.25, 0.3) is 5.91 Å². The summed E-state index contributed by atoms with van der Waals surface area (Å²) in [5.74, 6) is 0.786. The molecule has 114 valence electrons. The quantitative estimate of drug-likeness (QED) is 0.792. The first-order valence-electron chi connectivity index (χ1n) is 7.24. The number of carbonyl (C=O) groups excluding carboxylic acids is 1. The van der Waals surface area contributed by atoms with Crippen molar-refractivity contribution in [2.45, 2.75) is 0 Å². The Labute approximate surface area is 134 Å². The zero-order valence-electron chi connectivity index (χ0n) is 12.7. The van der Waals surface area contributed by atoms with Crippen LogP contribution in [0.15, 0.2) is 72.9 Å². The molecular weight excluding hydrogens is 288 g/mol. The zero-order valence-corrected chi connectivity index (χ0v) is 12.7. The second-order valence-corrected chi connectivity index (χ2v) is 4.95. The van der Waals surface area contributed by atoms with Gasteiger partial charge >= 0.3 is 0 Å². The number of para-hydroxylation sites is 1. The molecule has 0 bridgehead atoms. The summed E-state index contributed by atoms with van der Waals surface area (Å²) in [4.78, 5) is 16.6. The molecule has 0 saturated carbocycles. The first kappa shape index (κ1) is 14.8. The summed E-state index contributed by atoms with van der Waals surface area (Å²) in [6.07, 6.45) is 1.74. The molecular formula is C19H16N2O2. The predicted octanol–water partition coefficient (Wildman–Crippen LogP) is 4.01. The molecule has 1 aromatic heterocycles. The predicted molar refractivity (Wildman–Crippen MR) is 90.6 cm³/mol. The third kappa shape index (κ3) is 3.37. The summed E-state index contributed by atoms with van der Waals surface area (Å²) in [5.41, 5.74) is 2.56. The van der Waals surface area contributed by atoms with E-state index in [0.29, 0.717) is 17.1 Å². The fourth-order valence-corrected chi connectivity index (χ4v) is 2.29. The number of nitrogens with zero attached hydrogens (tertiary/aromatic N) is 1. The van der Waals surface area contributed by atoms with Gasteiger partial charge in [-0.25, -0.2) is 4.98 Å². The number of ether oxygens (including phenoxy) is 1. The molecule has 0 aliphatic carbocycles. The lowest BCUT2D eigenvalue weighted by Crippen LogP contribution is -2.13. The van der Waals surface area contributed by atoms with E-state index in [0.717, 1.165) is 11.1 Å². The van der Waals surface area contributed by atoms with E-state index in [9.17, 15) is 4.79 Å². The van der Waals surface area contributed by atoms with Crippen molar-refractivity contribution >= 4 is 11.7 Å². The molecule has 0 atom stereocenters. The van der Waals surface area contributed by atoms with E-state index in [1.807, 2.05) is 42.5 Å². The summed E-state index contributed by atoms with van der Waals surface area (Å²) >= 11 is 0. The first-order chi connectivity index (χ1) is 11.3. The highest BCUT2D eigenvalue weighted by atomic mass is 16.5. The lowest BCUT2D eigenvalue weighted by Gasteiger charge is -2.09. The third-order valence-corrected chi connectivity index (χ3v) is 3.46. The van der Waals surface area contributed by atoms with Gasteiger partial charge in [0.1, 0.15) is 11.6 Å². The number of hydrogen-bond donors (Lipinski definition) is 1. The Hall–Kier alpha value is -3.14. The Balaban J connectivity index is 1.77. The molecule has 23 heavy (non-hydrogen) atoms. The normalized spacial score (nSPS) is 10.1. The molecule has 3 aromatic rings. The third-order valence-electron chi connectivity index (χ3n) is 3.46. The minimum Gasteiger partial charge on any atom is -0.496 e. The molecule has 0 aliphatic heterocycles. The molecule has 0 aliphatic rings. The number of aromatic nitrogens is 1. The lowest BCUT2D eigenvalue weighted by molar-refractivity contribution is 0.102. The van der Waals surface area contributed by atoms with Gasteiger partial charge in [-0.2, -0.15) is 0 Å². The fourth-order valence-electron chi connectivity index (χ4n) is 2.29. The molecule has 1 amide bonds. The van der Waals surface area contributed by atoms with Crippen molar-refractivity contribution in [1.29, 1.82) is 0 Å². The maximum Gasteiger partial charge on any atom is 0.260 e. The summed E-state index contributed by atoms with van der Waals surface area (Å²) in [5, 5.41) is 2.78. The summed E-state index contributed by atoms with van der Waals surface area (Å²) in [6, 6.07) is 20.8. The minimum absolute atomic E-state index is 0.248. The van der Waals surface area contributed by atoms with Crippen LogP contribution in [0.1, 0.15) is 10.4 Å². The van der Waals surface area contributed by atoms with Gasteiger partial charge in [-0.1, -0.05) is 42.5 Å². The van der Waals surface area contributed by atoms with E-state index in [4.69, 9.17) is 4.74 Å². The van der Waals surface area contributed by atoms with Crippen molar-refractivity contribution in [2.75, 3.05) is 12.4 Å². The van der Waals surface area contributed by atoms with Gasteiger partial charge in [-0.3, -0.25) is 4.79 Å². The summed E-state index contributed by atoms with van der Waals surface area (Å²) < 4.78 is 5.20. The molecule has 1 heterocycles. The van der Waals surface area contributed by atoms with Crippen molar-refractivity contribution in [1.82, 2.24) is 4.98 Å². The number of amides is 1.